The summed E-state index contributed by atoms with van der Waals surface area (Å²) in [5.41, 5.74) is -0.0517. The highest BCUT2D eigenvalue weighted by molar-refractivity contribution is 5.95. The third kappa shape index (κ3) is 4.71. The van der Waals surface area contributed by atoms with Crippen molar-refractivity contribution in [2.45, 2.75) is 0 Å². The molecule has 3 N–H and O–H groups in total. The number of anilines is 1. The van der Waals surface area contributed by atoms with Gasteiger partial charge in [0.15, 0.2) is 6.61 Å². The molecule has 25 heavy (non-hydrogen) atoms. The number of carbonyl (C=O) groups excluding carboxylic acids is 1. The van der Waals surface area contributed by atoms with Gasteiger partial charge in [-0.25, -0.2) is 9.59 Å². The fourth-order valence-corrected chi connectivity index (χ4v) is 2.01. The average molecular weight is 345 g/mol. The van der Waals surface area contributed by atoms with Gasteiger partial charge >= 0.3 is 11.9 Å². The van der Waals surface area contributed by atoms with E-state index in [1.165, 1.54) is 7.11 Å². The smallest absolute Gasteiger partial charge is 0.335 e. The Labute approximate surface area is 142 Å². The lowest BCUT2D eigenvalue weighted by molar-refractivity contribution is -0.118. The molecule has 8 nitrogen and oxygen atoms in total. The highest BCUT2D eigenvalue weighted by Crippen LogP contribution is 2.23. The highest BCUT2D eigenvalue weighted by atomic mass is 16.5. The van der Waals surface area contributed by atoms with Crippen LogP contribution in [0.3, 0.4) is 0 Å². The second-order valence-corrected chi connectivity index (χ2v) is 4.89. The molecule has 130 valence electrons. The third-order valence-electron chi connectivity index (χ3n) is 3.15. The van der Waals surface area contributed by atoms with E-state index in [9.17, 15) is 14.4 Å². The Hall–Kier alpha value is -3.55. The van der Waals surface area contributed by atoms with E-state index in [4.69, 9.17) is 19.7 Å². The van der Waals surface area contributed by atoms with Crippen LogP contribution in [-0.2, 0) is 4.79 Å². The summed E-state index contributed by atoms with van der Waals surface area (Å²) >= 11 is 0. The van der Waals surface area contributed by atoms with E-state index in [0.29, 0.717) is 11.4 Å². The molecule has 0 aliphatic heterocycles. The van der Waals surface area contributed by atoms with Crippen molar-refractivity contribution in [3.8, 4) is 11.5 Å². The summed E-state index contributed by atoms with van der Waals surface area (Å²) in [6.07, 6.45) is 0. The number of nitrogens with one attached hydrogen (secondary N) is 1. The number of rotatable bonds is 7. The Kier molecular flexibility index (Phi) is 5.57. The molecule has 0 spiro atoms. The zero-order valence-corrected chi connectivity index (χ0v) is 13.2. The van der Waals surface area contributed by atoms with Crippen molar-refractivity contribution >= 4 is 23.5 Å². The standard InChI is InChI=1S/C17H15NO7/c1-24-14-5-3-2-4-13(14)18-15(19)9-25-12-7-10(16(20)21)6-11(8-12)17(22)23/h2-8H,9H2,1H3,(H,18,19)(H,20,21)(H,22,23). The zero-order valence-electron chi connectivity index (χ0n) is 13.2. The number of ether oxygens (including phenoxy) is 2. The van der Waals surface area contributed by atoms with Gasteiger partial charge < -0.3 is 25.0 Å². The van der Waals surface area contributed by atoms with E-state index in [-0.39, 0.29) is 16.9 Å². The summed E-state index contributed by atoms with van der Waals surface area (Å²) in [5.74, 6) is -2.68. The fourth-order valence-electron chi connectivity index (χ4n) is 2.01. The molecule has 0 fully saturated rings. The Morgan fingerprint density at radius 2 is 1.60 bits per heavy atom. The normalized spacial score (nSPS) is 9.96. The molecule has 0 bridgehead atoms. The second-order valence-electron chi connectivity index (χ2n) is 4.89. The van der Waals surface area contributed by atoms with Crippen LogP contribution < -0.4 is 14.8 Å². The maximum Gasteiger partial charge on any atom is 0.335 e. The van der Waals surface area contributed by atoms with Crippen LogP contribution in [0, 0.1) is 0 Å². The molecule has 2 aromatic rings. The summed E-state index contributed by atoms with van der Waals surface area (Å²) in [7, 11) is 1.46. The van der Waals surface area contributed by atoms with Crippen molar-refractivity contribution in [1.82, 2.24) is 0 Å². The number of carbonyl (C=O) groups is 3. The molecule has 0 aliphatic carbocycles. The lowest BCUT2D eigenvalue weighted by Gasteiger charge is -2.11. The summed E-state index contributed by atoms with van der Waals surface area (Å²) in [5, 5.41) is 20.6. The highest BCUT2D eigenvalue weighted by Gasteiger charge is 2.13. The summed E-state index contributed by atoms with van der Waals surface area (Å²) < 4.78 is 10.3. The van der Waals surface area contributed by atoms with E-state index in [2.05, 4.69) is 5.32 Å². The number of hydrogen-bond donors (Lipinski definition) is 3. The minimum atomic E-state index is -1.30. The van der Waals surface area contributed by atoms with E-state index in [1.807, 2.05) is 0 Å². The van der Waals surface area contributed by atoms with Crippen LogP contribution in [-0.4, -0.2) is 41.8 Å². The molecule has 2 aromatic carbocycles. The van der Waals surface area contributed by atoms with Crippen LogP contribution in [0.25, 0.3) is 0 Å². The van der Waals surface area contributed by atoms with Crippen LogP contribution >= 0.6 is 0 Å². The number of carboxylic acids is 2. The molecule has 0 atom stereocenters. The van der Waals surface area contributed by atoms with Gasteiger partial charge in [0.25, 0.3) is 5.91 Å². The Morgan fingerprint density at radius 1 is 1.00 bits per heavy atom. The SMILES string of the molecule is COc1ccccc1NC(=O)COc1cc(C(=O)O)cc(C(=O)O)c1. The topological polar surface area (TPSA) is 122 Å². The molecule has 0 radical (unpaired) electrons. The van der Waals surface area contributed by atoms with Crippen LogP contribution in [0.2, 0.25) is 0 Å². The van der Waals surface area contributed by atoms with Gasteiger partial charge in [-0.1, -0.05) is 12.1 Å². The van der Waals surface area contributed by atoms with Gasteiger partial charge in [-0.3, -0.25) is 4.79 Å². The first-order valence-corrected chi connectivity index (χ1v) is 7.08. The van der Waals surface area contributed by atoms with Crippen molar-refractivity contribution in [3.63, 3.8) is 0 Å². The zero-order chi connectivity index (χ0) is 18.4. The Morgan fingerprint density at radius 3 is 2.16 bits per heavy atom. The molecule has 1 amide bonds. The van der Waals surface area contributed by atoms with Gasteiger partial charge in [0.1, 0.15) is 11.5 Å². The molecule has 0 unspecified atom stereocenters. The molecule has 0 saturated carbocycles. The summed E-state index contributed by atoms with van der Waals surface area (Å²) in [4.78, 5) is 34.0. The predicted molar refractivity (Wildman–Crippen MR) is 87.5 cm³/mol. The van der Waals surface area contributed by atoms with Crippen molar-refractivity contribution in [2.75, 3.05) is 19.0 Å². The van der Waals surface area contributed by atoms with Gasteiger partial charge in [0, 0.05) is 0 Å². The number of methoxy groups -OCH3 is 1. The van der Waals surface area contributed by atoms with Crippen molar-refractivity contribution in [1.29, 1.82) is 0 Å². The minimum Gasteiger partial charge on any atom is -0.495 e. The third-order valence-corrected chi connectivity index (χ3v) is 3.15. The van der Waals surface area contributed by atoms with Gasteiger partial charge in [0.05, 0.1) is 23.9 Å². The minimum absolute atomic E-state index is 0.0347. The molecule has 0 heterocycles. The molecular weight excluding hydrogens is 330 g/mol. The second kappa shape index (κ2) is 7.82. The van der Waals surface area contributed by atoms with Gasteiger partial charge in [-0.05, 0) is 30.3 Å². The molecule has 0 saturated heterocycles. The monoisotopic (exact) mass is 345 g/mol. The Balaban J connectivity index is 2.08. The first kappa shape index (κ1) is 17.8. The molecule has 2 rings (SSSR count). The lowest BCUT2D eigenvalue weighted by Crippen LogP contribution is -2.20. The maximum atomic E-state index is 12.0. The molecule has 0 aromatic heterocycles. The van der Waals surface area contributed by atoms with Gasteiger partial charge in [-0.2, -0.15) is 0 Å². The number of amides is 1. The van der Waals surface area contributed by atoms with Crippen LogP contribution in [0.5, 0.6) is 11.5 Å². The van der Waals surface area contributed by atoms with E-state index < -0.39 is 24.5 Å². The van der Waals surface area contributed by atoms with Gasteiger partial charge in [-0.15, -0.1) is 0 Å². The Bertz CT molecular complexity index is 784. The average Bonchev–Trinajstić information content (AvgIpc) is 2.60. The number of hydrogen-bond acceptors (Lipinski definition) is 5. The molecule has 0 aliphatic rings. The summed E-state index contributed by atoms with van der Waals surface area (Å²) in [6.45, 7) is -0.430. The van der Waals surface area contributed by atoms with E-state index in [1.54, 1.807) is 24.3 Å². The first-order valence-electron chi connectivity index (χ1n) is 7.08. The van der Waals surface area contributed by atoms with Gasteiger partial charge in [0.2, 0.25) is 0 Å². The molecule has 8 heteroatoms. The van der Waals surface area contributed by atoms with E-state index >= 15 is 0 Å². The largest absolute Gasteiger partial charge is 0.495 e. The van der Waals surface area contributed by atoms with Crippen LogP contribution in [0.4, 0.5) is 5.69 Å². The quantitative estimate of drug-likeness (QED) is 0.702. The maximum absolute atomic E-state index is 12.0. The first-order chi connectivity index (χ1) is 11.9. The predicted octanol–water partition coefficient (Wildman–Crippen LogP) is 2.11. The van der Waals surface area contributed by atoms with Crippen LogP contribution in [0.15, 0.2) is 42.5 Å². The number of para-hydroxylation sites is 2. The number of carboxylic acid groups (broad SMARTS) is 2. The lowest BCUT2D eigenvalue weighted by atomic mass is 10.1. The fraction of sp³-hybridized carbons (Fsp3) is 0.118. The van der Waals surface area contributed by atoms with Crippen molar-refractivity contribution < 1.29 is 34.1 Å². The van der Waals surface area contributed by atoms with Crippen molar-refractivity contribution in [2.24, 2.45) is 0 Å². The van der Waals surface area contributed by atoms with E-state index in [0.717, 1.165) is 18.2 Å². The van der Waals surface area contributed by atoms with Crippen LogP contribution in [0.1, 0.15) is 20.7 Å². The molecular formula is C17H15NO7. The summed E-state index contributed by atoms with van der Waals surface area (Å²) in [6, 6.07) is 10.1. The van der Waals surface area contributed by atoms with Crippen molar-refractivity contribution in [3.05, 3.63) is 53.6 Å². The number of benzene rings is 2. The number of aromatic carboxylic acids is 2.